The highest BCUT2D eigenvalue weighted by molar-refractivity contribution is 7.98. The fourth-order valence-corrected chi connectivity index (χ4v) is 4.24. The molecule has 0 N–H and O–H groups in total. The van der Waals surface area contributed by atoms with Gasteiger partial charge in [-0.3, -0.25) is 9.20 Å². The van der Waals surface area contributed by atoms with Crippen LogP contribution in [0.2, 0.25) is 0 Å². The molecular weight excluding hydrogens is 352 g/mol. The largest absolute Gasteiger partial charge is 0.269 e. The molecule has 10 heteroatoms. The van der Waals surface area contributed by atoms with Gasteiger partial charge in [0, 0.05) is 28.3 Å². The molecule has 0 amide bonds. The molecular formula is C13H10N6OS3. The Hall–Kier alpha value is -2.04. The molecule has 7 nitrogen and oxygen atoms in total. The molecule has 0 saturated heterocycles. The molecule has 0 atom stereocenters. The quantitative estimate of drug-likeness (QED) is 0.506. The van der Waals surface area contributed by atoms with Crippen LogP contribution in [0.4, 0.5) is 0 Å². The number of hydrogen-bond acceptors (Lipinski definition) is 8. The minimum atomic E-state index is -0.0648. The van der Waals surface area contributed by atoms with Gasteiger partial charge in [-0.25, -0.2) is 9.67 Å². The maximum Gasteiger partial charge on any atom is 0.258 e. The van der Waals surface area contributed by atoms with Crippen molar-refractivity contribution in [2.45, 2.75) is 17.5 Å². The third-order valence-corrected chi connectivity index (χ3v) is 5.70. The first-order chi connectivity index (χ1) is 11.3. The van der Waals surface area contributed by atoms with E-state index in [0.29, 0.717) is 22.4 Å². The van der Waals surface area contributed by atoms with Gasteiger partial charge >= 0.3 is 0 Å². The summed E-state index contributed by atoms with van der Waals surface area (Å²) in [4.78, 5) is 18.4. The minimum absolute atomic E-state index is 0.0648. The summed E-state index contributed by atoms with van der Waals surface area (Å²) in [7, 11) is 0. The zero-order valence-corrected chi connectivity index (χ0v) is 14.1. The lowest BCUT2D eigenvalue weighted by molar-refractivity contribution is 0.608. The molecule has 0 saturated carbocycles. The third kappa shape index (κ3) is 3.05. The van der Waals surface area contributed by atoms with Crippen LogP contribution in [0.5, 0.6) is 0 Å². The second-order valence-corrected chi connectivity index (χ2v) is 7.48. The Balaban J connectivity index is 1.52. The van der Waals surface area contributed by atoms with E-state index in [4.69, 9.17) is 0 Å². The van der Waals surface area contributed by atoms with E-state index < -0.39 is 0 Å². The van der Waals surface area contributed by atoms with Crippen LogP contribution >= 0.6 is 34.4 Å². The monoisotopic (exact) mass is 362 g/mol. The van der Waals surface area contributed by atoms with Crippen molar-refractivity contribution in [2.75, 3.05) is 0 Å². The second-order valence-electron chi connectivity index (χ2n) is 4.63. The first-order valence-electron chi connectivity index (χ1n) is 6.67. The lowest BCUT2D eigenvalue weighted by Crippen LogP contribution is -2.12. The molecule has 4 rings (SSSR count). The SMILES string of the molecule is O=c1cc(CSc2nnnn2Cc2cccs2)nc2sccn12. The van der Waals surface area contributed by atoms with Gasteiger partial charge in [-0.15, -0.1) is 27.8 Å². The maximum absolute atomic E-state index is 12.0. The van der Waals surface area contributed by atoms with Gasteiger partial charge in [0.2, 0.25) is 5.16 Å². The van der Waals surface area contributed by atoms with Gasteiger partial charge < -0.3 is 0 Å². The lowest BCUT2D eigenvalue weighted by Gasteiger charge is -2.03. The molecule has 4 aromatic heterocycles. The average molecular weight is 362 g/mol. The molecule has 0 unspecified atom stereocenters. The van der Waals surface area contributed by atoms with Crippen LogP contribution in [0, 0.1) is 0 Å². The molecule has 116 valence electrons. The van der Waals surface area contributed by atoms with Gasteiger partial charge in [-0.1, -0.05) is 17.8 Å². The summed E-state index contributed by atoms with van der Waals surface area (Å²) in [5.74, 6) is 0.550. The van der Waals surface area contributed by atoms with Gasteiger partial charge in [0.05, 0.1) is 12.2 Å². The highest BCUT2D eigenvalue weighted by atomic mass is 32.2. The molecule has 0 aliphatic carbocycles. The molecule has 23 heavy (non-hydrogen) atoms. The van der Waals surface area contributed by atoms with E-state index in [0.717, 1.165) is 5.69 Å². The van der Waals surface area contributed by atoms with Crippen LogP contribution in [0.1, 0.15) is 10.6 Å². The standard InChI is InChI=1S/C13H10N6OS3/c20-11-6-9(14-12-18(11)3-5-22-12)8-23-13-15-16-17-19(13)7-10-2-1-4-21-10/h1-6H,7-8H2. The van der Waals surface area contributed by atoms with Crippen LogP contribution in [0.25, 0.3) is 4.96 Å². The van der Waals surface area contributed by atoms with E-state index in [1.807, 2.05) is 22.9 Å². The Kier molecular flexibility index (Phi) is 3.93. The number of fused-ring (bicyclic) bond motifs is 1. The van der Waals surface area contributed by atoms with Crippen molar-refractivity contribution in [3.05, 3.63) is 56.1 Å². The summed E-state index contributed by atoms with van der Waals surface area (Å²) >= 11 is 4.59. The van der Waals surface area contributed by atoms with E-state index in [2.05, 4.69) is 20.5 Å². The fourth-order valence-electron chi connectivity index (χ4n) is 2.05. The number of thiazole rings is 1. The van der Waals surface area contributed by atoms with Crippen LogP contribution in [0.3, 0.4) is 0 Å². The fraction of sp³-hybridized carbons (Fsp3) is 0.154. The molecule has 0 aliphatic rings. The number of thioether (sulfide) groups is 1. The average Bonchev–Trinajstić information content (AvgIpc) is 3.27. The number of thiophene rings is 1. The number of tetrazole rings is 1. The summed E-state index contributed by atoms with van der Waals surface area (Å²) < 4.78 is 3.30. The van der Waals surface area contributed by atoms with E-state index >= 15 is 0 Å². The molecule has 0 fully saturated rings. The number of aromatic nitrogens is 6. The molecule has 0 bridgehead atoms. The first-order valence-corrected chi connectivity index (χ1v) is 9.41. The van der Waals surface area contributed by atoms with Crippen LogP contribution in [-0.2, 0) is 12.3 Å². The topological polar surface area (TPSA) is 78.0 Å². The second kappa shape index (κ2) is 6.22. The van der Waals surface area contributed by atoms with E-state index in [9.17, 15) is 4.79 Å². The van der Waals surface area contributed by atoms with Gasteiger partial charge in [0.25, 0.3) is 5.56 Å². The predicted octanol–water partition coefficient (Wildman–Crippen LogP) is 2.14. The molecule has 4 aromatic rings. The van der Waals surface area contributed by atoms with Gasteiger partial charge in [0.15, 0.2) is 4.96 Å². The Labute approximate surface area is 142 Å². The lowest BCUT2D eigenvalue weighted by atomic mass is 10.4. The molecule has 0 aromatic carbocycles. The molecule has 0 radical (unpaired) electrons. The summed E-state index contributed by atoms with van der Waals surface area (Å²) in [5.41, 5.74) is 0.665. The Morgan fingerprint density at radius 1 is 1.26 bits per heavy atom. The number of hydrogen-bond donors (Lipinski definition) is 0. The maximum atomic E-state index is 12.0. The van der Waals surface area contributed by atoms with Crippen molar-refractivity contribution in [2.24, 2.45) is 0 Å². The number of rotatable bonds is 5. The molecule has 0 spiro atoms. The van der Waals surface area contributed by atoms with E-state index in [-0.39, 0.29) is 5.56 Å². The van der Waals surface area contributed by atoms with Gasteiger partial charge in [-0.05, 0) is 21.9 Å². The van der Waals surface area contributed by atoms with Crippen LogP contribution < -0.4 is 5.56 Å². The first kappa shape index (κ1) is 14.5. The van der Waals surface area contributed by atoms with Crippen molar-refractivity contribution in [1.29, 1.82) is 0 Å². The van der Waals surface area contributed by atoms with Crippen molar-refractivity contribution >= 4 is 39.4 Å². The summed E-state index contributed by atoms with van der Waals surface area (Å²) in [6.45, 7) is 0.646. The highest BCUT2D eigenvalue weighted by Gasteiger charge is 2.10. The summed E-state index contributed by atoms with van der Waals surface area (Å²) in [5, 5.41) is 16.4. The summed E-state index contributed by atoms with van der Waals surface area (Å²) in [6, 6.07) is 5.61. The Morgan fingerprint density at radius 2 is 2.22 bits per heavy atom. The van der Waals surface area contributed by atoms with Crippen molar-refractivity contribution in [3.63, 3.8) is 0 Å². The number of nitrogens with zero attached hydrogens (tertiary/aromatic N) is 6. The predicted molar refractivity (Wildman–Crippen MR) is 90.1 cm³/mol. The summed E-state index contributed by atoms with van der Waals surface area (Å²) in [6.07, 6.45) is 1.73. The highest BCUT2D eigenvalue weighted by Crippen LogP contribution is 2.21. The normalized spacial score (nSPS) is 11.3. The smallest absolute Gasteiger partial charge is 0.258 e. The van der Waals surface area contributed by atoms with Crippen LogP contribution in [-0.4, -0.2) is 29.6 Å². The van der Waals surface area contributed by atoms with Crippen LogP contribution in [0.15, 0.2) is 45.1 Å². The minimum Gasteiger partial charge on any atom is -0.269 e. The van der Waals surface area contributed by atoms with E-state index in [1.165, 1.54) is 28.0 Å². The van der Waals surface area contributed by atoms with Gasteiger partial charge in [-0.2, -0.15) is 0 Å². The van der Waals surface area contributed by atoms with E-state index in [1.54, 1.807) is 32.7 Å². The van der Waals surface area contributed by atoms with Crippen molar-refractivity contribution in [3.8, 4) is 0 Å². The zero-order valence-electron chi connectivity index (χ0n) is 11.7. The zero-order chi connectivity index (χ0) is 15.6. The Morgan fingerprint density at radius 3 is 3.09 bits per heavy atom. The van der Waals surface area contributed by atoms with Crippen molar-refractivity contribution in [1.82, 2.24) is 29.6 Å². The van der Waals surface area contributed by atoms with Crippen molar-refractivity contribution < 1.29 is 0 Å². The van der Waals surface area contributed by atoms with Gasteiger partial charge in [0.1, 0.15) is 0 Å². The third-order valence-electron chi connectivity index (χ3n) is 3.09. The molecule has 4 heterocycles. The molecule has 0 aliphatic heterocycles. The Bertz CT molecular complexity index is 987.